The van der Waals surface area contributed by atoms with Crippen molar-refractivity contribution in [1.82, 2.24) is 10.2 Å². The third-order valence-corrected chi connectivity index (χ3v) is 4.54. The number of nitrogens with zero attached hydrogens (tertiary/aromatic N) is 1. The van der Waals surface area contributed by atoms with Crippen LogP contribution in [0.2, 0.25) is 0 Å². The summed E-state index contributed by atoms with van der Waals surface area (Å²) in [5, 5.41) is 3.40. The molecule has 1 fully saturated rings. The second-order valence-electron chi connectivity index (χ2n) is 6.45. The van der Waals surface area contributed by atoms with E-state index in [0.717, 1.165) is 12.6 Å². The first kappa shape index (κ1) is 16.0. The van der Waals surface area contributed by atoms with Crippen molar-refractivity contribution in [2.24, 2.45) is 5.41 Å². The molecular weight excluding hydrogens is 220 g/mol. The van der Waals surface area contributed by atoms with Crippen LogP contribution in [0.5, 0.6) is 0 Å². The Morgan fingerprint density at radius 1 is 1.17 bits per heavy atom. The second kappa shape index (κ2) is 8.16. The van der Waals surface area contributed by atoms with Gasteiger partial charge in [-0.05, 0) is 38.3 Å². The molecule has 2 heteroatoms. The van der Waals surface area contributed by atoms with E-state index in [1.54, 1.807) is 0 Å². The number of hydrogen-bond acceptors (Lipinski definition) is 2. The fourth-order valence-corrected chi connectivity index (χ4v) is 3.69. The minimum atomic E-state index is 0.441. The van der Waals surface area contributed by atoms with Gasteiger partial charge in [0.1, 0.15) is 0 Å². The molecule has 0 radical (unpaired) electrons. The van der Waals surface area contributed by atoms with E-state index in [-0.39, 0.29) is 0 Å². The average molecular weight is 254 g/mol. The number of hydrogen-bond donors (Lipinski definition) is 1. The highest BCUT2D eigenvalue weighted by atomic mass is 15.2. The van der Waals surface area contributed by atoms with E-state index in [2.05, 4.69) is 38.0 Å². The van der Waals surface area contributed by atoms with E-state index in [1.807, 2.05) is 0 Å². The molecule has 0 aromatic heterocycles. The molecule has 18 heavy (non-hydrogen) atoms. The Morgan fingerprint density at radius 2 is 1.83 bits per heavy atom. The van der Waals surface area contributed by atoms with E-state index in [0.29, 0.717) is 5.41 Å². The van der Waals surface area contributed by atoms with Gasteiger partial charge < -0.3 is 10.2 Å². The maximum Gasteiger partial charge on any atom is 0.00953 e. The van der Waals surface area contributed by atoms with Gasteiger partial charge in [-0.3, -0.25) is 0 Å². The summed E-state index contributed by atoms with van der Waals surface area (Å²) in [6.07, 6.45) is 9.81. The molecule has 0 aromatic rings. The molecule has 0 saturated heterocycles. The van der Waals surface area contributed by atoms with Crippen molar-refractivity contribution in [3.63, 3.8) is 0 Å². The topological polar surface area (TPSA) is 15.3 Å². The molecule has 0 heterocycles. The Kier molecular flexibility index (Phi) is 7.25. The van der Waals surface area contributed by atoms with Crippen LogP contribution in [-0.2, 0) is 0 Å². The molecule has 1 aliphatic rings. The summed E-state index contributed by atoms with van der Waals surface area (Å²) < 4.78 is 0. The van der Waals surface area contributed by atoms with Crippen LogP contribution in [0.25, 0.3) is 0 Å². The van der Waals surface area contributed by atoms with E-state index in [9.17, 15) is 0 Å². The molecule has 1 atom stereocenters. The van der Waals surface area contributed by atoms with Crippen LogP contribution in [0.3, 0.4) is 0 Å². The first-order valence-corrected chi connectivity index (χ1v) is 8.04. The highest BCUT2D eigenvalue weighted by molar-refractivity contribution is 4.84. The highest BCUT2D eigenvalue weighted by Crippen LogP contribution is 2.28. The van der Waals surface area contributed by atoms with Crippen molar-refractivity contribution in [1.29, 1.82) is 0 Å². The van der Waals surface area contributed by atoms with E-state index in [4.69, 9.17) is 0 Å². The third-order valence-electron chi connectivity index (χ3n) is 4.54. The molecule has 0 bridgehead atoms. The summed E-state index contributed by atoms with van der Waals surface area (Å²) in [7, 11) is 2.09. The van der Waals surface area contributed by atoms with Crippen LogP contribution in [0, 0.1) is 5.41 Å². The lowest BCUT2D eigenvalue weighted by atomic mass is 9.83. The molecule has 0 aliphatic heterocycles. The fourth-order valence-electron chi connectivity index (χ4n) is 3.69. The smallest absolute Gasteiger partial charge is 0.00953 e. The van der Waals surface area contributed by atoms with Gasteiger partial charge >= 0.3 is 0 Å². The van der Waals surface area contributed by atoms with Crippen molar-refractivity contribution >= 4 is 0 Å². The second-order valence-corrected chi connectivity index (χ2v) is 6.45. The monoisotopic (exact) mass is 254 g/mol. The highest BCUT2D eigenvalue weighted by Gasteiger charge is 2.29. The predicted octanol–water partition coefficient (Wildman–Crippen LogP) is 3.67. The van der Waals surface area contributed by atoms with Crippen LogP contribution in [0.4, 0.5) is 0 Å². The van der Waals surface area contributed by atoms with E-state index in [1.165, 1.54) is 58.0 Å². The van der Waals surface area contributed by atoms with E-state index < -0.39 is 0 Å². The summed E-state index contributed by atoms with van der Waals surface area (Å²) in [5.41, 5.74) is 0.441. The molecule has 108 valence electrons. The molecule has 1 rings (SSSR count). The minimum Gasteiger partial charge on any atom is -0.319 e. The molecule has 0 aromatic carbocycles. The minimum absolute atomic E-state index is 0.441. The van der Waals surface area contributed by atoms with Gasteiger partial charge in [0, 0.05) is 19.1 Å². The standard InChI is InChI=1S/C16H34N2/c1-5-12-16(3,13-17-4)14-18(6-2)15-10-8-7-9-11-15/h15,17H,5-14H2,1-4H3. The molecular formula is C16H34N2. The van der Waals surface area contributed by atoms with E-state index >= 15 is 0 Å². The molecule has 1 saturated carbocycles. The number of nitrogens with one attached hydrogen (secondary N) is 1. The summed E-state index contributed by atoms with van der Waals surface area (Å²) in [6.45, 7) is 10.7. The molecule has 0 spiro atoms. The van der Waals surface area contributed by atoms with Crippen LogP contribution >= 0.6 is 0 Å². The molecule has 0 amide bonds. The zero-order valence-corrected chi connectivity index (χ0v) is 13.1. The van der Waals surface area contributed by atoms with Gasteiger partial charge in [-0.25, -0.2) is 0 Å². The van der Waals surface area contributed by atoms with Crippen molar-refractivity contribution < 1.29 is 0 Å². The van der Waals surface area contributed by atoms with Crippen LogP contribution in [0.15, 0.2) is 0 Å². The lowest BCUT2D eigenvalue weighted by Crippen LogP contribution is -2.46. The maximum atomic E-state index is 3.40. The lowest BCUT2D eigenvalue weighted by molar-refractivity contribution is 0.0952. The van der Waals surface area contributed by atoms with Gasteiger partial charge in [-0.15, -0.1) is 0 Å². The average Bonchev–Trinajstić information content (AvgIpc) is 2.38. The third kappa shape index (κ3) is 4.89. The Morgan fingerprint density at radius 3 is 2.33 bits per heavy atom. The van der Waals surface area contributed by atoms with Gasteiger partial charge in [0.2, 0.25) is 0 Å². The molecule has 1 N–H and O–H groups in total. The number of rotatable bonds is 8. The Labute approximate surface area is 115 Å². The Hall–Kier alpha value is -0.0800. The summed E-state index contributed by atoms with van der Waals surface area (Å²) >= 11 is 0. The van der Waals surface area contributed by atoms with Gasteiger partial charge in [0.05, 0.1) is 0 Å². The maximum absolute atomic E-state index is 3.40. The largest absolute Gasteiger partial charge is 0.319 e. The van der Waals surface area contributed by atoms with Gasteiger partial charge in [-0.2, -0.15) is 0 Å². The van der Waals surface area contributed by atoms with Crippen molar-refractivity contribution in [2.75, 3.05) is 26.7 Å². The predicted molar refractivity (Wildman–Crippen MR) is 81.1 cm³/mol. The summed E-state index contributed by atoms with van der Waals surface area (Å²) in [6, 6.07) is 0.858. The first-order chi connectivity index (χ1) is 8.65. The zero-order chi connectivity index (χ0) is 13.4. The van der Waals surface area contributed by atoms with Crippen molar-refractivity contribution in [2.45, 2.75) is 71.8 Å². The van der Waals surface area contributed by atoms with Crippen molar-refractivity contribution in [3.05, 3.63) is 0 Å². The molecule has 2 nitrogen and oxygen atoms in total. The van der Waals surface area contributed by atoms with Gasteiger partial charge in [-0.1, -0.05) is 46.5 Å². The molecule has 1 aliphatic carbocycles. The first-order valence-electron chi connectivity index (χ1n) is 8.04. The summed E-state index contributed by atoms with van der Waals surface area (Å²) in [5.74, 6) is 0. The molecule has 1 unspecified atom stereocenters. The SMILES string of the molecule is CCCC(C)(CNC)CN(CC)C1CCCCC1. The van der Waals surface area contributed by atoms with Crippen molar-refractivity contribution in [3.8, 4) is 0 Å². The van der Waals surface area contributed by atoms with Gasteiger partial charge in [0.15, 0.2) is 0 Å². The van der Waals surface area contributed by atoms with Gasteiger partial charge in [0.25, 0.3) is 0 Å². The van der Waals surface area contributed by atoms with Crippen LogP contribution in [-0.4, -0.2) is 37.6 Å². The normalized spacial score (nSPS) is 21.2. The zero-order valence-electron chi connectivity index (χ0n) is 13.1. The Balaban J connectivity index is 2.57. The summed E-state index contributed by atoms with van der Waals surface area (Å²) in [4.78, 5) is 2.76. The van der Waals surface area contributed by atoms with Crippen LogP contribution < -0.4 is 5.32 Å². The fraction of sp³-hybridized carbons (Fsp3) is 1.00. The lowest BCUT2D eigenvalue weighted by Gasteiger charge is -2.40. The van der Waals surface area contributed by atoms with Crippen LogP contribution in [0.1, 0.15) is 65.7 Å². The Bertz CT molecular complexity index is 203. The quantitative estimate of drug-likeness (QED) is 0.711.